The predicted molar refractivity (Wildman–Crippen MR) is 63.3 cm³/mol. The van der Waals surface area contributed by atoms with E-state index in [1.54, 1.807) is 0 Å². The molecule has 0 bridgehead atoms. The van der Waals surface area contributed by atoms with E-state index in [0.717, 1.165) is 26.7 Å². The Morgan fingerprint density at radius 1 is 1.14 bits per heavy atom. The summed E-state index contributed by atoms with van der Waals surface area (Å²) in [6, 6.07) is 0. The minimum Gasteiger partial charge on any atom is -0.429 e. The average Bonchev–Trinajstić information content (AvgIpc) is 2.54. The van der Waals surface area contributed by atoms with Crippen LogP contribution in [0.2, 0.25) is 0 Å². The molecule has 2 nitrogen and oxygen atoms in total. The third-order valence-electron chi connectivity index (χ3n) is 2.59. The Morgan fingerprint density at radius 2 is 1.79 bits per heavy atom. The van der Waals surface area contributed by atoms with Gasteiger partial charge in [0.05, 0.1) is 5.52 Å². The van der Waals surface area contributed by atoms with Gasteiger partial charge in [0.2, 0.25) is 0 Å². The van der Waals surface area contributed by atoms with Gasteiger partial charge in [-0.05, 0) is 49.7 Å². The van der Waals surface area contributed by atoms with Gasteiger partial charge in [0, 0.05) is 4.47 Å². The fraction of sp³-hybridized carbons (Fsp3) is 0.300. The number of hydrogen-bond donors (Lipinski definition) is 1. The van der Waals surface area contributed by atoms with Crippen molar-refractivity contribution in [1.82, 2.24) is 4.98 Å². The molecule has 0 spiro atoms. The van der Waals surface area contributed by atoms with Crippen LogP contribution in [0.5, 0.6) is 0 Å². The van der Waals surface area contributed by atoms with Gasteiger partial charge < -0.3 is 9.40 Å². The molecule has 1 aromatic heterocycles. The first-order chi connectivity index (χ1) is 6.52. The lowest BCUT2D eigenvalue weighted by molar-refractivity contribution is 0.581. The molecule has 2 rings (SSSR count). The first-order valence-electron chi connectivity index (χ1n) is 4.30. The highest BCUT2D eigenvalue weighted by molar-refractivity contribution is 9.10. The molecule has 0 saturated heterocycles. The summed E-state index contributed by atoms with van der Waals surface area (Å²) in [5.41, 5.74) is 5.33. The van der Waals surface area contributed by atoms with Crippen LogP contribution in [0.1, 0.15) is 16.7 Å². The number of fused-ring (bicyclic) bond motifs is 1. The van der Waals surface area contributed by atoms with E-state index < -0.39 is 0 Å². The number of oxazole rings is 1. The zero-order valence-electron chi connectivity index (χ0n) is 8.19. The molecular formula is C10H10BrNOS. The molecule has 0 saturated carbocycles. The average molecular weight is 272 g/mol. The number of halogens is 1. The fourth-order valence-electron chi connectivity index (χ4n) is 1.58. The number of nitrogens with one attached hydrogen (secondary N) is 1. The van der Waals surface area contributed by atoms with Gasteiger partial charge >= 0.3 is 0 Å². The first kappa shape index (κ1) is 9.93. The molecule has 1 aromatic carbocycles. The van der Waals surface area contributed by atoms with Crippen LogP contribution in [0.3, 0.4) is 0 Å². The van der Waals surface area contributed by atoms with E-state index in [2.05, 4.69) is 27.8 Å². The van der Waals surface area contributed by atoms with Gasteiger partial charge in [0.15, 0.2) is 5.58 Å². The Labute approximate surface area is 95.4 Å². The highest BCUT2D eigenvalue weighted by atomic mass is 79.9. The van der Waals surface area contributed by atoms with Crippen LogP contribution in [-0.4, -0.2) is 4.98 Å². The van der Waals surface area contributed by atoms with Crippen molar-refractivity contribution in [3.63, 3.8) is 0 Å². The molecular weight excluding hydrogens is 262 g/mol. The number of benzene rings is 1. The van der Waals surface area contributed by atoms with Crippen LogP contribution in [0.25, 0.3) is 11.1 Å². The second kappa shape index (κ2) is 3.21. The van der Waals surface area contributed by atoms with Gasteiger partial charge in [-0.25, -0.2) is 0 Å². The van der Waals surface area contributed by atoms with E-state index in [-0.39, 0.29) is 0 Å². The van der Waals surface area contributed by atoms with E-state index in [4.69, 9.17) is 16.6 Å². The maximum absolute atomic E-state index is 5.45. The molecule has 0 atom stereocenters. The van der Waals surface area contributed by atoms with E-state index in [0.29, 0.717) is 4.84 Å². The van der Waals surface area contributed by atoms with Gasteiger partial charge in [0.1, 0.15) is 0 Å². The Hall–Kier alpha value is -0.610. The predicted octanol–water partition coefficient (Wildman–Crippen LogP) is 4.18. The first-order valence-corrected chi connectivity index (χ1v) is 5.50. The monoisotopic (exact) mass is 271 g/mol. The fourth-order valence-corrected chi connectivity index (χ4v) is 2.26. The molecule has 0 aliphatic heterocycles. The molecule has 2 aromatic rings. The Bertz CT molecular complexity index is 519. The van der Waals surface area contributed by atoms with E-state index in [1.165, 1.54) is 5.56 Å². The lowest BCUT2D eigenvalue weighted by Crippen LogP contribution is -1.89. The minimum atomic E-state index is 0.434. The van der Waals surface area contributed by atoms with Crippen LogP contribution in [-0.2, 0) is 0 Å². The lowest BCUT2D eigenvalue weighted by Gasteiger charge is -2.06. The van der Waals surface area contributed by atoms with Crippen LogP contribution in [0.15, 0.2) is 8.89 Å². The summed E-state index contributed by atoms with van der Waals surface area (Å²) in [5.74, 6) is 0. The highest BCUT2D eigenvalue weighted by Crippen LogP contribution is 2.32. The van der Waals surface area contributed by atoms with Crippen LogP contribution in [0, 0.1) is 25.6 Å². The number of hydrogen-bond acceptors (Lipinski definition) is 2. The molecule has 0 amide bonds. The summed E-state index contributed by atoms with van der Waals surface area (Å²) in [6.45, 7) is 6.14. The Balaban J connectivity index is 3.08. The topological polar surface area (TPSA) is 28.9 Å². The third-order valence-corrected chi connectivity index (χ3v) is 3.96. The number of aromatic amines is 1. The maximum atomic E-state index is 5.45. The SMILES string of the molecule is Cc1c(Br)c(C)c2[nH]c(=S)oc2c1C. The molecule has 1 N–H and O–H groups in total. The summed E-state index contributed by atoms with van der Waals surface area (Å²) in [6.07, 6.45) is 0. The second-order valence-electron chi connectivity index (χ2n) is 3.41. The molecule has 14 heavy (non-hydrogen) atoms. The van der Waals surface area contributed by atoms with Crippen LogP contribution < -0.4 is 0 Å². The van der Waals surface area contributed by atoms with Crippen molar-refractivity contribution in [1.29, 1.82) is 0 Å². The van der Waals surface area contributed by atoms with Crippen molar-refractivity contribution >= 4 is 39.2 Å². The lowest BCUT2D eigenvalue weighted by atomic mass is 10.1. The number of H-pyrrole nitrogens is 1. The Kier molecular flexibility index (Phi) is 2.27. The van der Waals surface area contributed by atoms with Crippen molar-refractivity contribution in [3.05, 3.63) is 26.0 Å². The minimum absolute atomic E-state index is 0.434. The molecule has 4 heteroatoms. The van der Waals surface area contributed by atoms with Crippen molar-refractivity contribution < 1.29 is 4.42 Å². The zero-order chi connectivity index (χ0) is 10.5. The third kappa shape index (κ3) is 1.25. The Morgan fingerprint density at radius 3 is 2.43 bits per heavy atom. The van der Waals surface area contributed by atoms with Gasteiger partial charge in [0.25, 0.3) is 4.84 Å². The van der Waals surface area contributed by atoms with Crippen molar-refractivity contribution in [2.45, 2.75) is 20.8 Å². The quantitative estimate of drug-likeness (QED) is 0.729. The number of aromatic nitrogens is 1. The molecule has 0 unspecified atom stereocenters. The molecule has 0 fully saturated rings. The smallest absolute Gasteiger partial charge is 0.266 e. The molecule has 74 valence electrons. The van der Waals surface area contributed by atoms with Gasteiger partial charge in [-0.1, -0.05) is 15.9 Å². The summed E-state index contributed by atoms with van der Waals surface area (Å²) in [7, 11) is 0. The molecule has 1 heterocycles. The summed E-state index contributed by atoms with van der Waals surface area (Å²) in [4.78, 5) is 3.49. The number of aryl methyl sites for hydroxylation is 2. The molecule has 0 radical (unpaired) electrons. The molecule has 0 aliphatic carbocycles. The normalized spacial score (nSPS) is 11.1. The maximum Gasteiger partial charge on any atom is 0.266 e. The van der Waals surface area contributed by atoms with E-state index in [9.17, 15) is 0 Å². The van der Waals surface area contributed by atoms with E-state index in [1.807, 2.05) is 13.8 Å². The van der Waals surface area contributed by atoms with Crippen molar-refractivity contribution in [3.8, 4) is 0 Å². The van der Waals surface area contributed by atoms with Crippen LogP contribution >= 0.6 is 28.1 Å². The van der Waals surface area contributed by atoms with Gasteiger partial charge in [-0.15, -0.1) is 0 Å². The highest BCUT2D eigenvalue weighted by Gasteiger charge is 2.12. The summed E-state index contributed by atoms with van der Waals surface area (Å²) < 4.78 is 6.57. The second-order valence-corrected chi connectivity index (χ2v) is 4.57. The van der Waals surface area contributed by atoms with Gasteiger partial charge in [-0.2, -0.15) is 0 Å². The molecule has 0 aliphatic rings. The number of rotatable bonds is 0. The summed E-state index contributed by atoms with van der Waals surface area (Å²) in [5, 5.41) is 0. The van der Waals surface area contributed by atoms with Crippen molar-refractivity contribution in [2.75, 3.05) is 0 Å². The van der Waals surface area contributed by atoms with Crippen molar-refractivity contribution in [2.24, 2.45) is 0 Å². The largest absolute Gasteiger partial charge is 0.429 e. The summed E-state index contributed by atoms with van der Waals surface area (Å²) >= 11 is 8.55. The standard InChI is InChI=1S/C10H10BrNOS/c1-4-5(2)9-8(6(3)7(4)11)12-10(14)13-9/h1-3H3,(H,12,14). The van der Waals surface area contributed by atoms with Gasteiger partial charge in [-0.3, -0.25) is 0 Å². The van der Waals surface area contributed by atoms with E-state index >= 15 is 0 Å². The zero-order valence-corrected chi connectivity index (χ0v) is 10.6. The van der Waals surface area contributed by atoms with Crippen LogP contribution in [0.4, 0.5) is 0 Å².